The largest absolute Gasteiger partial charge is 0.355 e. The summed E-state index contributed by atoms with van der Waals surface area (Å²) in [4.78, 5) is 2.38. The van der Waals surface area contributed by atoms with Gasteiger partial charge in [0.1, 0.15) is 0 Å². The first-order chi connectivity index (χ1) is 5.86. The minimum atomic E-state index is -0.0619. The third kappa shape index (κ3) is 3.31. The Morgan fingerprint density at radius 2 is 1.83 bits per heavy atom. The van der Waals surface area contributed by atoms with Gasteiger partial charge in [0.25, 0.3) is 0 Å². The van der Waals surface area contributed by atoms with Crippen LogP contribution in [-0.4, -0.2) is 56.5 Å². The van der Waals surface area contributed by atoms with E-state index in [1.807, 2.05) is 11.8 Å². The minimum Gasteiger partial charge on any atom is -0.355 e. The van der Waals surface area contributed by atoms with Crippen molar-refractivity contribution in [3.63, 3.8) is 0 Å². The number of ether oxygens (including phenoxy) is 2. The topological polar surface area (TPSA) is 21.7 Å². The first-order valence-corrected chi connectivity index (χ1v) is 5.38. The van der Waals surface area contributed by atoms with Gasteiger partial charge >= 0.3 is 0 Å². The summed E-state index contributed by atoms with van der Waals surface area (Å²) in [5.74, 6) is 2.47. The standard InChI is InChI=1S/C8H17NO2S/c1-10-8(11-2)7-9-3-5-12-6-4-9/h8H,3-7H2,1-2H3. The monoisotopic (exact) mass is 191 g/mol. The third-order valence-corrected chi connectivity index (χ3v) is 2.98. The van der Waals surface area contributed by atoms with Crippen molar-refractivity contribution in [1.29, 1.82) is 0 Å². The maximum Gasteiger partial charge on any atom is 0.169 e. The third-order valence-electron chi connectivity index (χ3n) is 2.04. The molecule has 0 aromatic carbocycles. The van der Waals surface area contributed by atoms with Crippen molar-refractivity contribution in [3.8, 4) is 0 Å². The smallest absolute Gasteiger partial charge is 0.169 e. The first-order valence-electron chi connectivity index (χ1n) is 4.22. The average molecular weight is 191 g/mol. The zero-order valence-corrected chi connectivity index (χ0v) is 8.60. The van der Waals surface area contributed by atoms with Gasteiger partial charge in [-0.15, -0.1) is 0 Å². The van der Waals surface area contributed by atoms with Crippen molar-refractivity contribution in [2.24, 2.45) is 0 Å². The SMILES string of the molecule is COC(CN1CCSCC1)OC. The number of thioether (sulfide) groups is 1. The van der Waals surface area contributed by atoms with Gasteiger partial charge in [-0.1, -0.05) is 0 Å². The average Bonchev–Trinajstić information content (AvgIpc) is 2.16. The lowest BCUT2D eigenvalue weighted by molar-refractivity contribution is -0.115. The normalized spacial score (nSPS) is 20.2. The molecule has 72 valence electrons. The minimum absolute atomic E-state index is 0.0619. The molecule has 1 rings (SSSR count). The summed E-state index contributed by atoms with van der Waals surface area (Å²) < 4.78 is 10.3. The Labute approximate surface area is 78.4 Å². The van der Waals surface area contributed by atoms with Crippen molar-refractivity contribution in [3.05, 3.63) is 0 Å². The molecule has 1 saturated heterocycles. The number of hydrogen-bond acceptors (Lipinski definition) is 4. The summed E-state index contributed by atoms with van der Waals surface area (Å²) in [6, 6.07) is 0. The van der Waals surface area contributed by atoms with Crippen LogP contribution in [0.5, 0.6) is 0 Å². The Kier molecular flexibility index (Phi) is 4.99. The molecular formula is C8H17NO2S. The van der Waals surface area contributed by atoms with Gasteiger partial charge in [-0.25, -0.2) is 0 Å². The van der Waals surface area contributed by atoms with Gasteiger partial charge in [-0.05, 0) is 0 Å². The number of rotatable bonds is 4. The van der Waals surface area contributed by atoms with Gasteiger partial charge in [0, 0.05) is 45.4 Å². The molecule has 1 aliphatic heterocycles. The molecule has 0 bridgehead atoms. The second-order valence-corrected chi connectivity index (χ2v) is 4.04. The van der Waals surface area contributed by atoms with E-state index in [4.69, 9.17) is 9.47 Å². The molecule has 0 amide bonds. The molecule has 0 aromatic rings. The van der Waals surface area contributed by atoms with Crippen LogP contribution in [0.3, 0.4) is 0 Å². The Balaban J connectivity index is 2.18. The summed E-state index contributed by atoms with van der Waals surface area (Å²) in [6.45, 7) is 3.22. The van der Waals surface area contributed by atoms with Crippen molar-refractivity contribution in [1.82, 2.24) is 4.90 Å². The second-order valence-electron chi connectivity index (χ2n) is 2.81. The highest BCUT2D eigenvalue weighted by Gasteiger charge is 2.15. The second kappa shape index (κ2) is 5.80. The van der Waals surface area contributed by atoms with E-state index in [-0.39, 0.29) is 6.29 Å². The van der Waals surface area contributed by atoms with E-state index in [0.29, 0.717) is 0 Å². The summed E-state index contributed by atoms with van der Waals surface area (Å²) in [5, 5.41) is 0. The fourth-order valence-corrected chi connectivity index (χ4v) is 2.22. The Morgan fingerprint density at radius 1 is 1.25 bits per heavy atom. The zero-order valence-electron chi connectivity index (χ0n) is 7.78. The van der Waals surface area contributed by atoms with Crippen LogP contribution in [0.2, 0.25) is 0 Å². The van der Waals surface area contributed by atoms with Crippen LogP contribution in [0.4, 0.5) is 0 Å². The Hall–Kier alpha value is 0.230. The highest BCUT2D eigenvalue weighted by Crippen LogP contribution is 2.09. The van der Waals surface area contributed by atoms with Gasteiger partial charge in [-0.3, -0.25) is 4.90 Å². The summed E-state index contributed by atoms with van der Waals surface area (Å²) in [6.07, 6.45) is -0.0619. The molecule has 3 nitrogen and oxygen atoms in total. The van der Waals surface area contributed by atoms with Crippen molar-refractivity contribution >= 4 is 11.8 Å². The van der Waals surface area contributed by atoms with E-state index in [0.717, 1.165) is 19.6 Å². The van der Waals surface area contributed by atoms with E-state index < -0.39 is 0 Å². The maximum atomic E-state index is 5.13. The molecule has 0 spiro atoms. The molecule has 4 heteroatoms. The quantitative estimate of drug-likeness (QED) is 0.608. The van der Waals surface area contributed by atoms with Crippen LogP contribution < -0.4 is 0 Å². The van der Waals surface area contributed by atoms with Crippen molar-refractivity contribution < 1.29 is 9.47 Å². The highest BCUT2D eigenvalue weighted by molar-refractivity contribution is 7.99. The molecule has 0 N–H and O–H groups in total. The lowest BCUT2D eigenvalue weighted by Crippen LogP contribution is -2.39. The molecule has 0 aliphatic carbocycles. The van der Waals surface area contributed by atoms with E-state index in [1.54, 1.807) is 14.2 Å². The molecular weight excluding hydrogens is 174 g/mol. The van der Waals surface area contributed by atoms with Gasteiger partial charge in [-0.2, -0.15) is 11.8 Å². The number of methoxy groups -OCH3 is 2. The molecule has 0 aromatic heterocycles. The predicted molar refractivity (Wildman–Crippen MR) is 51.6 cm³/mol. The number of nitrogens with zero attached hydrogens (tertiary/aromatic N) is 1. The molecule has 0 unspecified atom stereocenters. The fourth-order valence-electron chi connectivity index (χ4n) is 1.24. The van der Waals surface area contributed by atoms with E-state index in [9.17, 15) is 0 Å². The van der Waals surface area contributed by atoms with E-state index >= 15 is 0 Å². The number of hydrogen-bond donors (Lipinski definition) is 0. The lowest BCUT2D eigenvalue weighted by atomic mass is 10.4. The summed E-state index contributed by atoms with van der Waals surface area (Å²) in [7, 11) is 3.37. The molecule has 1 aliphatic rings. The Morgan fingerprint density at radius 3 is 2.33 bits per heavy atom. The van der Waals surface area contributed by atoms with Gasteiger partial charge in [0.15, 0.2) is 6.29 Å². The molecule has 0 radical (unpaired) electrons. The Bertz CT molecular complexity index is 114. The van der Waals surface area contributed by atoms with Crippen LogP contribution >= 0.6 is 11.8 Å². The van der Waals surface area contributed by atoms with Crippen molar-refractivity contribution in [2.45, 2.75) is 6.29 Å². The lowest BCUT2D eigenvalue weighted by Gasteiger charge is -2.28. The molecule has 0 saturated carbocycles. The van der Waals surface area contributed by atoms with Crippen LogP contribution in [0.25, 0.3) is 0 Å². The fraction of sp³-hybridized carbons (Fsp3) is 1.00. The zero-order chi connectivity index (χ0) is 8.81. The first kappa shape index (κ1) is 10.3. The van der Waals surface area contributed by atoms with Crippen molar-refractivity contribution in [2.75, 3.05) is 45.4 Å². The van der Waals surface area contributed by atoms with E-state index in [2.05, 4.69) is 4.90 Å². The van der Waals surface area contributed by atoms with Crippen LogP contribution in [0.1, 0.15) is 0 Å². The summed E-state index contributed by atoms with van der Waals surface area (Å²) in [5.41, 5.74) is 0. The molecule has 1 fully saturated rings. The molecule has 1 heterocycles. The van der Waals surface area contributed by atoms with Crippen LogP contribution in [-0.2, 0) is 9.47 Å². The van der Waals surface area contributed by atoms with Crippen LogP contribution in [0.15, 0.2) is 0 Å². The van der Waals surface area contributed by atoms with Gasteiger partial charge in [0.05, 0.1) is 0 Å². The van der Waals surface area contributed by atoms with E-state index in [1.165, 1.54) is 11.5 Å². The van der Waals surface area contributed by atoms with Gasteiger partial charge in [0.2, 0.25) is 0 Å². The highest BCUT2D eigenvalue weighted by atomic mass is 32.2. The summed E-state index contributed by atoms with van der Waals surface area (Å²) >= 11 is 2.02. The van der Waals surface area contributed by atoms with Crippen LogP contribution in [0, 0.1) is 0 Å². The van der Waals surface area contributed by atoms with Gasteiger partial charge < -0.3 is 9.47 Å². The molecule has 0 atom stereocenters. The molecule has 12 heavy (non-hydrogen) atoms. The maximum absolute atomic E-state index is 5.13. The predicted octanol–water partition coefficient (Wildman–Crippen LogP) is 0.654.